The van der Waals surface area contributed by atoms with Gasteiger partial charge in [-0.05, 0) is 43.7 Å². The maximum Gasteiger partial charge on any atom is 0.333 e. The number of nitrogens with zero attached hydrogens (tertiary/aromatic N) is 1. The van der Waals surface area contributed by atoms with Gasteiger partial charge in [-0.1, -0.05) is 64.7 Å². The number of thioether (sulfide) groups is 1. The van der Waals surface area contributed by atoms with Crippen molar-refractivity contribution < 1.29 is 23.4 Å². The molecule has 0 amide bonds. The van der Waals surface area contributed by atoms with E-state index in [9.17, 15) is 13.9 Å². The first-order valence-electron chi connectivity index (χ1n) is 13.7. The third-order valence-electron chi connectivity index (χ3n) is 6.84. The van der Waals surface area contributed by atoms with Crippen molar-refractivity contribution in [3.63, 3.8) is 0 Å². The molecule has 1 aliphatic heterocycles. The molecule has 38 heavy (non-hydrogen) atoms. The predicted molar refractivity (Wildman–Crippen MR) is 160 cm³/mol. The molecule has 2 aromatic carbocycles. The fourth-order valence-electron chi connectivity index (χ4n) is 5.06. The topological polar surface area (TPSA) is 79.2 Å². The van der Waals surface area contributed by atoms with Crippen molar-refractivity contribution >= 4 is 39.7 Å². The second-order valence-corrected chi connectivity index (χ2v) is 13.2. The number of rotatable bonds is 13. The average molecular weight is 562 g/mol. The standard InChI is InChI=1S/C30H43NO5S2/c1-5-9-17-30(18-10-6-2)22-31(24-14-12-11-13-15-24)25-20-27(37-8-4)26(21-28(25)38(33,34)23-30)36-19-16-29(32)35-7-3/h11-16,19-21,33-34H,5-10,17-18,22-23H2,1-4H3/b19-16+. The van der Waals surface area contributed by atoms with Crippen molar-refractivity contribution in [1.82, 2.24) is 0 Å². The van der Waals surface area contributed by atoms with Gasteiger partial charge >= 0.3 is 5.97 Å². The van der Waals surface area contributed by atoms with Crippen LogP contribution < -0.4 is 9.64 Å². The van der Waals surface area contributed by atoms with Crippen LogP contribution in [0.3, 0.4) is 0 Å². The van der Waals surface area contributed by atoms with E-state index in [4.69, 9.17) is 9.47 Å². The van der Waals surface area contributed by atoms with Gasteiger partial charge in [-0.25, -0.2) is 4.79 Å². The van der Waals surface area contributed by atoms with Crippen molar-refractivity contribution in [2.45, 2.75) is 76.0 Å². The number of hydrogen-bond acceptors (Lipinski definition) is 7. The number of hydrogen-bond donors (Lipinski definition) is 2. The van der Waals surface area contributed by atoms with Crippen LogP contribution in [0.2, 0.25) is 0 Å². The number of esters is 1. The Bertz CT molecular complexity index is 1070. The molecule has 0 bridgehead atoms. The molecule has 0 radical (unpaired) electrons. The Morgan fingerprint density at radius 1 is 1.08 bits per heavy atom. The highest BCUT2D eigenvalue weighted by Gasteiger charge is 2.42. The van der Waals surface area contributed by atoms with Gasteiger partial charge in [0, 0.05) is 29.5 Å². The molecule has 0 spiro atoms. The second kappa shape index (κ2) is 14.3. The van der Waals surface area contributed by atoms with Crippen molar-refractivity contribution in [2.24, 2.45) is 5.41 Å². The Morgan fingerprint density at radius 2 is 1.76 bits per heavy atom. The molecule has 0 aliphatic carbocycles. The van der Waals surface area contributed by atoms with Crippen molar-refractivity contribution in [3.8, 4) is 5.75 Å². The van der Waals surface area contributed by atoms with Crippen molar-refractivity contribution in [1.29, 1.82) is 0 Å². The molecule has 0 saturated heterocycles. The summed E-state index contributed by atoms with van der Waals surface area (Å²) in [5, 5.41) is 0. The normalized spacial score (nSPS) is 17.1. The Kier molecular flexibility index (Phi) is 11.5. The molecule has 0 unspecified atom stereocenters. The maximum absolute atomic E-state index is 11.8. The van der Waals surface area contributed by atoms with E-state index in [0.717, 1.165) is 67.1 Å². The van der Waals surface area contributed by atoms with Crippen LogP contribution in [-0.4, -0.2) is 39.7 Å². The SMILES string of the molecule is CCCCC1(CCCC)CN(c2ccccc2)c2cc(SCC)c(O/C=C/C(=O)OCC)cc2S(O)(O)C1. The molecule has 0 aromatic heterocycles. The predicted octanol–water partition coefficient (Wildman–Crippen LogP) is 8.88. The largest absolute Gasteiger partial charge is 0.463 e. The lowest BCUT2D eigenvalue weighted by atomic mass is 9.79. The van der Waals surface area contributed by atoms with E-state index in [1.807, 2.05) is 24.3 Å². The van der Waals surface area contributed by atoms with Crippen LogP contribution in [0.5, 0.6) is 5.75 Å². The van der Waals surface area contributed by atoms with E-state index >= 15 is 0 Å². The summed E-state index contributed by atoms with van der Waals surface area (Å²) < 4.78 is 34.4. The molecule has 8 heteroatoms. The van der Waals surface area contributed by atoms with Crippen LogP contribution in [0, 0.1) is 5.41 Å². The van der Waals surface area contributed by atoms with Crippen LogP contribution in [0.15, 0.2) is 64.6 Å². The fraction of sp³-hybridized carbons (Fsp3) is 0.500. The van der Waals surface area contributed by atoms with E-state index in [-0.39, 0.29) is 12.0 Å². The van der Waals surface area contributed by atoms with Crippen molar-refractivity contribution in [2.75, 3.05) is 29.6 Å². The second-order valence-electron chi connectivity index (χ2n) is 9.81. The van der Waals surface area contributed by atoms with E-state index in [0.29, 0.717) is 16.4 Å². The number of carbonyl (C=O) groups excluding carboxylic acids is 1. The summed E-state index contributed by atoms with van der Waals surface area (Å²) in [6.07, 6.45) is 8.65. The number of carbonyl (C=O) groups is 1. The van der Waals surface area contributed by atoms with E-state index < -0.39 is 16.6 Å². The monoisotopic (exact) mass is 561 g/mol. The van der Waals surface area contributed by atoms with Crippen LogP contribution >= 0.6 is 22.4 Å². The molecular formula is C30H43NO5S2. The van der Waals surface area contributed by atoms with Gasteiger partial charge in [-0.15, -0.1) is 11.8 Å². The third-order valence-corrected chi connectivity index (χ3v) is 9.81. The smallest absolute Gasteiger partial charge is 0.333 e. The Labute approximate surface area is 234 Å². The first kappa shape index (κ1) is 30.4. The zero-order valence-electron chi connectivity index (χ0n) is 23.2. The molecule has 2 N–H and O–H groups in total. The van der Waals surface area contributed by atoms with Gasteiger partial charge in [-0.3, -0.25) is 9.11 Å². The molecule has 0 saturated carbocycles. The summed E-state index contributed by atoms with van der Waals surface area (Å²) >= 11 is 1.62. The molecule has 1 heterocycles. The summed E-state index contributed by atoms with van der Waals surface area (Å²) in [6, 6.07) is 14.0. The minimum Gasteiger partial charge on any atom is -0.463 e. The van der Waals surface area contributed by atoms with Crippen LogP contribution in [0.25, 0.3) is 0 Å². The number of fused-ring (bicyclic) bond motifs is 1. The number of para-hydroxylation sites is 1. The lowest BCUT2D eigenvalue weighted by molar-refractivity contribution is -0.137. The molecule has 2 aromatic rings. The van der Waals surface area contributed by atoms with Crippen LogP contribution in [0.1, 0.15) is 66.2 Å². The highest BCUT2D eigenvalue weighted by atomic mass is 32.3. The lowest BCUT2D eigenvalue weighted by Gasteiger charge is -2.42. The van der Waals surface area contributed by atoms with Gasteiger partial charge in [0.2, 0.25) is 0 Å². The molecule has 3 rings (SSSR count). The van der Waals surface area contributed by atoms with Gasteiger partial charge in [-0.2, -0.15) is 10.6 Å². The summed E-state index contributed by atoms with van der Waals surface area (Å²) in [7, 11) is -3.14. The van der Waals surface area contributed by atoms with E-state index in [1.54, 1.807) is 24.8 Å². The number of anilines is 2. The highest BCUT2D eigenvalue weighted by Crippen LogP contribution is 2.62. The number of ether oxygens (including phenoxy) is 2. The zero-order chi connectivity index (χ0) is 27.6. The van der Waals surface area contributed by atoms with Gasteiger partial charge in [0.1, 0.15) is 5.75 Å². The summed E-state index contributed by atoms with van der Waals surface area (Å²) in [5.74, 6) is 1.16. The number of unbranched alkanes of at least 4 members (excludes halogenated alkanes) is 2. The van der Waals surface area contributed by atoms with Crippen LogP contribution in [-0.2, 0) is 9.53 Å². The molecule has 6 nitrogen and oxygen atoms in total. The fourth-order valence-corrected chi connectivity index (χ4v) is 8.00. The highest BCUT2D eigenvalue weighted by molar-refractivity contribution is 8.24. The van der Waals surface area contributed by atoms with Gasteiger partial charge in [0.15, 0.2) is 0 Å². The third kappa shape index (κ3) is 7.72. The molecular weight excluding hydrogens is 518 g/mol. The van der Waals surface area contributed by atoms with Crippen molar-refractivity contribution in [3.05, 3.63) is 54.8 Å². The molecule has 0 atom stereocenters. The van der Waals surface area contributed by atoms with E-state index in [2.05, 4.69) is 37.8 Å². The molecule has 1 aliphatic rings. The first-order chi connectivity index (χ1) is 18.3. The minimum atomic E-state index is -3.14. The van der Waals surface area contributed by atoms with Gasteiger partial charge in [0.25, 0.3) is 0 Å². The van der Waals surface area contributed by atoms with Gasteiger partial charge < -0.3 is 14.4 Å². The summed E-state index contributed by atoms with van der Waals surface area (Å²) in [5.41, 5.74) is 1.61. The van der Waals surface area contributed by atoms with E-state index in [1.165, 1.54) is 12.3 Å². The van der Waals surface area contributed by atoms with Gasteiger partial charge in [0.05, 0.1) is 34.4 Å². The minimum absolute atomic E-state index is 0.234. The maximum atomic E-state index is 11.8. The quantitative estimate of drug-likeness (QED) is 0.109. The zero-order valence-corrected chi connectivity index (χ0v) is 24.8. The average Bonchev–Trinajstić information content (AvgIpc) is 2.99. The Morgan fingerprint density at radius 3 is 2.37 bits per heavy atom. The molecule has 210 valence electrons. The first-order valence-corrected chi connectivity index (χ1v) is 16.4. The lowest BCUT2D eigenvalue weighted by Crippen LogP contribution is -2.37. The summed E-state index contributed by atoms with van der Waals surface area (Å²) in [6.45, 7) is 9.20. The Balaban J connectivity index is 2.17. The Hall–Kier alpha value is -2.13. The summed E-state index contributed by atoms with van der Waals surface area (Å²) in [4.78, 5) is 15.4. The number of benzene rings is 2. The molecule has 0 fully saturated rings. The van der Waals surface area contributed by atoms with Crippen LogP contribution in [0.4, 0.5) is 11.4 Å².